The average Bonchev–Trinajstić information content (AvgIpc) is 2.02. The predicted molar refractivity (Wildman–Crippen MR) is 57.9 cm³/mol. The number of hydrogen-bond donors (Lipinski definition) is 2. The molecular formula is C11H19NO2. The molecule has 0 aromatic carbocycles. The molecule has 14 heavy (non-hydrogen) atoms. The van der Waals surface area contributed by atoms with Crippen LogP contribution in [0.15, 0.2) is 24.3 Å². The lowest BCUT2D eigenvalue weighted by atomic mass is 10.1. The highest BCUT2D eigenvalue weighted by atomic mass is 16.3. The van der Waals surface area contributed by atoms with E-state index in [0.29, 0.717) is 6.42 Å². The van der Waals surface area contributed by atoms with Gasteiger partial charge in [-0.25, -0.2) is 0 Å². The molecule has 0 radical (unpaired) electrons. The molecule has 0 aliphatic heterocycles. The van der Waals surface area contributed by atoms with Crippen molar-refractivity contribution in [1.29, 1.82) is 0 Å². The summed E-state index contributed by atoms with van der Waals surface area (Å²) in [5.74, 6) is -0.128. The van der Waals surface area contributed by atoms with Gasteiger partial charge >= 0.3 is 0 Å². The molecule has 0 fully saturated rings. The van der Waals surface area contributed by atoms with Crippen LogP contribution >= 0.6 is 0 Å². The highest BCUT2D eigenvalue weighted by Crippen LogP contribution is 1.96. The van der Waals surface area contributed by atoms with Gasteiger partial charge in [0, 0.05) is 12.1 Å². The highest BCUT2D eigenvalue weighted by Gasteiger charge is 2.06. The van der Waals surface area contributed by atoms with Crippen molar-refractivity contribution in [2.24, 2.45) is 0 Å². The molecule has 2 atom stereocenters. The topological polar surface area (TPSA) is 49.3 Å². The van der Waals surface area contributed by atoms with Crippen LogP contribution in [-0.2, 0) is 4.79 Å². The summed E-state index contributed by atoms with van der Waals surface area (Å²) in [6.07, 6.45) is 6.98. The first-order valence-corrected chi connectivity index (χ1v) is 4.84. The van der Waals surface area contributed by atoms with E-state index in [1.165, 1.54) is 6.08 Å². The van der Waals surface area contributed by atoms with Gasteiger partial charge in [0.2, 0.25) is 5.91 Å². The summed E-state index contributed by atoms with van der Waals surface area (Å²) >= 11 is 0. The second kappa shape index (κ2) is 7.33. The summed E-state index contributed by atoms with van der Waals surface area (Å²) in [7, 11) is 0. The summed E-state index contributed by atoms with van der Waals surface area (Å²) in [5.41, 5.74) is 0. The number of aliphatic hydroxyl groups excluding tert-OH is 1. The van der Waals surface area contributed by atoms with Crippen LogP contribution in [0.2, 0.25) is 0 Å². The van der Waals surface area contributed by atoms with Crippen LogP contribution in [0.1, 0.15) is 27.2 Å². The number of carbonyl (C=O) groups is 1. The van der Waals surface area contributed by atoms with E-state index >= 15 is 0 Å². The molecule has 0 heterocycles. The van der Waals surface area contributed by atoms with Crippen LogP contribution < -0.4 is 5.32 Å². The van der Waals surface area contributed by atoms with Crippen molar-refractivity contribution < 1.29 is 9.90 Å². The van der Waals surface area contributed by atoms with Crippen molar-refractivity contribution in [3.05, 3.63) is 24.3 Å². The summed E-state index contributed by atoms with van der Waals surface area (Å²) in [4.78, 5) is 11.2. The first-order chi connectivity index (χ1) is 6.56. The van der Waals surface area contributed by atoms with Gasteiger partial charge < -0.3 is 10.4 Å². The van der Waals surface area contributed by atoms with E-state index < -0.39 is 0 Å². The lowest BCUT2D eigenvalue weighted by Crippen LogP contribution is -2.33. The molecule has 2 unspecified atom stereocenters. The second-order valence-electron chi connectivity index (χ2n) is 3.38. The molecule has 0 rings (SSSR count). The van der Waals surface area contributed by atoms with Gasteiger partial charge in [0.1, 0.15) is 0 Å². The van der Waals surface area contributed by atoms with Gasteiger partial charge in [0.15, 0.2) is 0 Å². The molecule has 0 spiro atoms. The molecule has 80 valence electrons. The van der Waals surface area contributed by atoms with Crippen LogP contribution in [0, 0.1) is 0 Å². The Labute approximate surface area is 85.5 Å². The molecule has 2 N–H and O–H groups in total. The largest absolute Gasteiger partial charge is 0.393 e. The molecule has 0 bridgehead atoms. The fourth-order valence-electron chi connectivity index (χ4n) is 1.12. The fraction of sp³-hybridized carbons (Fsp3) is 0.545. The number of nitrogens with one attached hydrogen (secondary N) is 1. The number of rotatable bonds is 5. The van der Waals surface area contributed by atoms with E-state index in [9.17, 15) is 4.79 Å². The third kappa shape index (κ3) is 7.55. The second-order valence-corrected chi connectivity index (χ2v) is 3.38. The van der Waals surface area contributed by atoms with Crippen molar-refractivity contribution in [2.45, 2.75) is 39.3 Å². The number of amides is 1. The minimum absolute atomic E-state index is 0.00208. The van der Waals surface area contributed by atoms with Crippen LogP contribution in [-0.4, -0.2) is 23.2 Å². The summed E-state index contributed by atoms with van der Waals surface area (Å²) in [6.45, 7) is 5.46. The fourth-order valence-corrected chi connectivity index (χ4v) is 1.12. The maximum Gasteiger partial charge on any atom is 0.244 e. The van der Waals surface area contributed by atoms with Crippen molar-refractivity contribution in [1.82, 2.24) is 5.32 Å². The molecular weight excluding hydrogens is 178 g/mol. The van der Waals surface area contributed by atoms with E-state index in [-0.39, 0.29) is 18.1 Å². The minimum Gasteiger partial charge on any atom is -0.393 e. The summed E-state index contributed by atoms with van der Waals surface area (Å²) in [5, 5.41) is 11.8. The Bertz CT molecular complexity index is 219. The first-order valence-electron chi connectivity index (χ1n) is 4.84. The Balaban J connectivity index is 3.82. The van der Waals surface area contributed by atoms with Gasteiger partial charge in [-0.2, -0.15) is 0 Å². The van der Waals surface area contributed by atoms with Crippen LogP contribution in [0.25, 0.3) is 0 Å². The van der Waals surface area contributed by atoms with E-state index in [1.54, 1.807) is 19.1 Å². The number of carbonyl (C=O) groups excluding carboxylic acids is 1. The van der Waals surface area contributed by atoms with E-state index in [1.807, 2.05) is 19.9 Å². The lowest BCUT2D eigenvalue weighted by Gasteiger charge is -2.13. The maximum atomic E-state index is 11.2. The molecule has 0 aromatic rings. The Kier molecular flexibility index (Phi) is 6.76. The van der Waals surface area contributed by atoms with Gasteiger partial charge in [0.25, 0.3) is 0 Å². The van der Waals surface area contributed by atoms with Gasteiger partial charge in [-0.15, -0.1) is 0 Å². The zero-order valence-corrected chi connectivity index (χ0v) is 9.03. The zero-order chi connectivity index (χ0) is 11.0. The maximum absolute atomic E-state index is 11.2. The Hall–Kier alpha value is -1.09. The van der Waals surface area contributed by atoms with E-state index in [4.69, 9.17) is 5.11 Å². The lowest BCUT2D eigenvalue weighted by molar-refractivity contribution is -0.117. The summed E-state index contributed by atoms with van der Waals surface area (Å²) in [6, 6.07) is -0.00208. The smallest absolute Gasteiger partial charge is 0.244 e. The first kappa shape index (κ1) is 12.9. The monoisotopic (exact) mass is 197 g/mol. The van der Waals surface area contributed by atoms with Crippen LogP contribution in [0.4, 0.5) is 0 Å². The van der Waals surface area contributed by atoms with E-state index in [0.717, 1.165) is 0 Å². The van der Waals surface area contributed by atoms with Crippen LogP contribution in [0.5, 0.6) is 0 Å². The predicted octanol–water partition coefficient (Wildman–Crippen LogP) is 1.39. The molecule has 0 saturated heterocycles. The number of hydrogen-bond acceptors (Lipinski definition) is 2. The van der Waals surface area contributed by atoms with E-state index in [2.05, 4.69) is 5.32 Å². The highest BCUT2D eigenvalue weighted by molar-refractivity contribution is 5.87. The Morgan fingerprint density at radius 2 is 2.07 bits per heavy atom. The van der Waals surface area contributed by atoms with Gasteiger partial charge in [-0.05, 0) is 27.2 Å². The van der Waals surface area contributed by atoms with Gasteiger partial charge in [-0.3, -0.25) is 4.79 Å². The summed E-state index contributed by atoms with van der Waals surface area (Å²) < 4.78 is 0. The van der Waals surface area contributed by atoms with Crippen molar-refractivity contribution in [2.75, 3.05) is 0 Å². The number of allylic oxidation sites excluding steroid dienone is 3. The third-order valence-electron chi connectivity index (χ3n) is 1.63. The molecule has 0 saturated carbocycles. The average molecular weight is 197 g/mol. The molecule has 1 amide bonds. The van der Waals surface area contributed by atoms with Crippen molar-refractivity contribution in [3.8, 4) is 0 Å². The normalized spacial score (nSPS) is 16.0. The third-order valence-corrected chi connectivity index (χ3v) is 1.63. The molecule has 3 heteroatoms. The minimum atomic E-state index is -0.384. The molecule has 0 aliphatic carbocycles. The standard InChI is InChI=1S/C11H19NO2/c1-4-5-6-7-11(14)12-9(2)8-10(3)13/h4-7,9-10,13H,8H2,1-3H3,(H,12,14). The SMILES string of the molecule is CC=CC=CC(=O)NC(C)CC(C)O. The Morgan fingerprint density at radius 1 is 1.43 bits per heavy atom. The quantitative estimate of drug-likeness (QED) is 0.517. The number of aliphatic hydroxyl groups is 1. The molecule has 3 nitrogen and oxygen atoms in total. The van der Waals surface area contributed by atoms with Crippen molar-refractivity contribution >= 4 is 5.91 Å². The van der Waals surface area contributed by atoms with Gasteiger partial charge in [-0.1, -0.05) is 18.2 Å². The van der Waals surface area contributed by atoms with Crippen LogP contribution in [0.3, 0.4) is 0 Å². The zero-order valence-electron chi connectivity index (χ0n) is 9.03. The molecule has 0 aliphatic rings. The molecule has 0 aromatic heterocycles. The van der Waals surface area contributed by atoms with Crippen molar-refractivity contribution in [3.63, 3.8) is 0 Å². The van der Waals surface area contributed by atoms with Gasteiger partial charge in [0.05, 0.1) is 6.10 Å². The Morgan fingerprint density at radius 3 is 2.57 bits per heavy atom.